The fraction of sp³-hybridized carbons (Fsp3) is 0.0476. The number of para-hydroxylation sites is 2. The highest BCUT2D eigenvalue weighted by atomic mass is 35.5. The number of aromatic nitrogens is 1. The summed E-state index contributed by atoms with van der Waals surface area (Å²) in [6.45, 7) is -0.0792. The normalized spacial score (nSPS) is 11.0. The predicted octanol–water partition coefficient (Wildman–Crippen LogP) is 5.07. The van der Waals surface area contributed by atoms with Crippen LogP contribution in [0.1, 0.15) is 0 Å². The lowest BCUT2D eigenvalue weighted by atomic mass is 10.1. The number of ether oxygens (including phenoxy) is 1. The van der Waals surface area contributed by atoms with E-state index in [0.29, 0.717) is 31.9 Å². The minimum atomic E-state index is -0.516. The summed E-state index contributed by atoms with van der Waals surface area (Å²) in [4.78, 5) is 25.3. The van der Waals surface area contributed by atoms with Gasteiger partial charge in [0.25, 0.3) is 0 Å². The highest BCUT2D eigenvalue weighted by Gasteiger charge is 2.15. The smallest absolute Gasteiger partial charge is 0.331 e. The third-order valence-electron chi connectivity index (χ3n) is 4.28. The van der Waals surface area contributed by atoms with E-state index in [2.05, 4.69) is 0 Å². The molecule has 0 radical (unpaired) electrons. The summed E-state index contributed by atoms with van der Waals surface area (Å²) in [6, 6.07) is 19.0. The zero-order chi connectivity index (χ0) is 19.0. The summed E-state index contributed by atoms with van der Waals surface area (Å²) < 4.78 is 7.17. The van der Waals surface area contributed by atoms with Gasteiger partial charge in [0, 0.05) is 21.9 Å². The number of hydrogen-bond donors (Lipinski definition) is 0. The Kier molecular flexibility index (Phi) is 4.60. The maximum atomic E-state index is 12.7. The Hall–Kier alpha value is -2.82. The number of rotatable bonds is 3. The standard InChI is InChI=1S/C21H13Cl2NO3/c22-13-9-10-16(23)19(11-13)27-20(25)12-24-17-7-3-1-5-14(17)21(26)15-6-2-4-8-18(15)24/h1-11H,12H2. The molecule has 0 aliphatic heterocycles. The second-order valence-electron chi connectivity index (χ2n) is 6.00. The van der Waals surface area contributed by atoms with E-state index < -0.39 is 5.97 Å². The molecule has 0 aliphatic rings. The van der Waals surface area contributed by atoms with Crippen LogP contribution in [0.3, 0.4) is 0 Å². The number of fused-ring (bicyclic) bond motifs is 2. The molecule has 4 rings (SSSR count). The van der Waals surface area contributed by atoms with E-state index in [1.165, 1.54) is 6.07 Å². The van der Waals surface area contributed by atoms with Crippen molar-refractivity contribution in [2.24, 2.45) is 0 Å². The number of hydrogen-bond acceptors (Lipinski definition) is 3. The maximum absolute atomic E-state index is 12.7. The number of halogens is 2. The van der Waals surface area contributed by atoms with Crippen molar-refractivity contribution < 1.29 is 9.53 Å². The van der Waals surface area contributed by atoms with Crippen LogP contribution in [0.4, 0.5) is 0 Å². The molecular weight excluding hydrogens is 385 g/mol. The molecule has 1 aromatic heterocycles. The summed E-state index contributed by atoms with van der Waals surface area (Å²) in [6.07, 6.45) is 0. The van der Waals surface area contributed by atoms with Crippen molar-refractivity contribution in [3.8, 4) is 5.75 Å². The van der Waals surface area contributed by atoms with Gasteiger partial charge in [0.15, 0.2) is 11.2 Å². The number of carbonyl (C=O) groups excluding carboxylic acids is 1. The minimum absolute atomic E-state index is 0.0660. The van der Waals surface area contributed by atoms with E-state index in [4.69, 9.17) is 27.9 Å². The molecule has 27 heavy (non-hydrogen) atoms. The van der Waals surface area contributed by atoms with Crippen LogP contribution in [0.15, 0.2) is 71.5 Å². The molecule has 0 saturated heterocycles. The topological polar surface area (TPSA) is 48.3 Å². The van der Waals surface area contributed by atoms with Crippen LogP contribution < -0.4 is 10.2 Å². The quantitative estimate of drug-likeness (QED) is 0.275. The Balaban J connectivity index is 1.81. The van der Waals surface area contributed by atoms with Gasteiger partial charge in [0.1, 0.15) is 6.54 Å². The first-order chi connectivity index (χ1) is 13.0. The third-order valence-corrected chi connectivity index (χ3v) is 4.83. The molecule has 3 aromatic carbocycles. The number of carbonyl (C=O) groups is 1. The first-order valence-electron chi connectivity index (χ1n) is 8.20. The van der Waals surface area contributed by atoms with E-state index in [0.717, 1.165) is 0 Å². The van der Waals surface area contributed by atoms with Gasteiger partial charge in [-0.3, -0.25) is 4.79 Å². The van der Waals surface area contributed by atoms with Crippen LogP contribution in [-0.2, 0) is 11.3 Å². The maximum Gasteiger partial charge on any atom is 0.331 e. The van der Waals surface area contributed by atoms with Crippen molar-refractivity contribution in [1.82, 2.24) is 4.57 Å². The number of benzene rings is 3. The Bertz CT molecular complexity index is 1190. The van der Waals surface area contributed by atoms with E-state index in [-0.39, 0.29) is 17.7 Å². The van der Waals surface area contributed by atoms with Crippen molar-refractivity contribution >= 4 is 51.0 Å². The molecule has 4 nitrogen and oxygen atoms in total. The van der Waals surface area contributed by atoms with Gasteiger partial charge in [-0.1, -0.05) is 47.5 Å². The molecule has 0 bridgehead atoms. The van der Waals surface area contributed by atoms with E-state index in [1.807, 2.05) is 24.3 Å². The molecule has 134 valence electrons. The Labute approximate surface area is 164 Å². The van der Waals surface area contributed by atoms with Crippen LogP contribution in [0, 0.1) is 0 Å². The van der Waals surface area contributed by atoms with Crippen LogP contribution >= 0.6 is 23.2 Å². The predicted molar refractivity (Wildman–Crippen MR) is 108 cm³/mol. The lowest BCUT2D eigenvalue weighted by Gasteiger charge is -2.15. The number of nitrogens with zero attached hydrogens (tertiary/aromatic N) is 1. The summed E-state index contributed by atoms with van der Waals surface area (Å²) in [5.74, 6) is -0.318. The first-order valence-corrected chi connectivity index (χ1v) is 8.96. The average molecular weight is 398 g/mol. The van der Waals surface area contributed by atoms with Gasteiger partial charge in [-0.15, -0.1) is 0 Å². The van der Waals surface area contributed by atoms with Gasteiger partial charge < -0.3 is 9.30 Å². The van der Waals surface area contributed by atoms with Crippen LogP contribution in [0.2, 0.25) is 10.0 Å². The summed E-state index contributed by atoms with van der Waals surface area (Å²) >= 11 is 12.0. The van der Waals surface area contributed by atoms with Gasteiger partial charge in [-0.2, -0.15) is 0 Å². The molecule has 0 N–H and O–H groups in total. The van der Waals surface area contributed by atoms with E-state index in [1.54, 1.807) is 41.0 Å². The van der Waals surface area contributed by atoms with E-state index >= 15 is 0 Å². The second kappa shape index (κ2) is 7.06. The highest BCUT2D eigenvalue weighted by molar-refractivity contribution is 6.34. The van der Waals surface area contributed by atoms with Gasteiger partial charge in [0.2, 0.25) is 0 Å². The lowest BCUT2D eigenvalue weighted by Crippen LogP contribution is -2.20. The molecule has 4 aromatic rings. The molecule has 1 heterocycles. The van der Waals surface area contributed by atoms with Gasteiger partial charge in [-0.05, 0) is 36.4 Å². The third kappa shape index (κ3) is 3.29. The van der Waals surface area contributed by atoms with Gasteiger partial charge in [-0.25, -0.2) is 4.79 Å². The molecule has 0 saturated carbocycles. The second-order valence-corrected chi connectivity index (χ2v) is 6.84. The fourth-order valence-corrected chi connectivity index (χ4v) is 3.40. The molecule has 0 fully saturated rings. The minimum Gasteiger partial charge on any atom is -0.424 e. The number of pyridine rings is 1. The SMILES string of the molecule is O=C(Cn1c2ccccc2c(=O)c2ccccc21)Oc1cc(Cl)ccc1Cl. The van der Waals surface area contributed by atoms with Crippen molar-refractivity contribution in [2.45, 2.75) is 6.54 Å². The van der Waals surface area contributed by atoms with Crippen LogP contribution in [0.5, 0.6) is 5.75 Å². The molecule has 0 unspecified atom stereocenters. The molecule has 0 aliphatic carbocycles. The van der Waals surface area contributed by atoms with Gasteiger partial charge in [0.05, 0.1) is 16.1 Å². The van der Waals surface area contributed by atoms with E-state index in [9.17, 15) is 9.59 Å². The van der Waals surface area contributed by atoms with Crippen molar-refractivity contribution in [3.63, 3.8) is 0 Å². The van der Waals surface area contributed by atoms with Crippen LogP contribution in [-0.4, -0.2) is 10.5 Å². The van der Waals surface area contributed by atoms with Gasteiger partial charge >= 0.3 is 5.97 Å². The van der Waals surface area contributed by atoms with Crippen molar-refractivity contribution in [1.29, 1.82) is 0 Å². The molecule has 0 spiro atoms. The van der Waals surface area contributed by atoms with Crippen LogP contribution in [0.25, 0.3) is 21.8 Å². The lowest BCUT2D eigenvalue weighted by molar-refractivity contribution is -0.134. The zero-order valence-corrected chi connectivity index (χ0v) is 15.5. The Morgan fingerprint density at radius 1 is 0.889 bits per heavy atom. The first kappa shape index (κ1) is 17.6. The largest absolute Gasteiger partial charge is 0.424 e. The molecule has 0 atom stereocenters. The monoisotopic (exact) mass is 397 g/mol. The number of esters is 1. The molecular formula is C21H13Cl2NO3. The molecule has 6 heteroatoms. The summed E-state index contributed by atoms with van der Waals surface area (Å²) in [7, 11) is 0. The molecule has 0 amide bonds. The Morgan fingerprint density at radius 3 is 2.11 bits per heavy atom. The average Bonchev–Trinajstić information content (AvgIpc) is 2.68. The van der Waals surface area contributed by atoms with Crippen molar-refractivity contribution in [2.75, 3.05) is 0 Å². The summed E-state index contributed by atoms with van der Waals surface area (Å²) in [5.41, 5.74) is 1.26. The Morgan fingerprint density at radius 2 is 1.48 bits per heavy atom. The highest BCUT2D eigenvalue weighted by Crippen LogP contribution is 2.28. The fourth-order valence-electron chi connectivity index (χ4n) is 3.09. The van der Waals surface area contributed by atoms with Crippen molar-refractivity contribution in [3.05, 3.63) is 87.0 Å². The zero-order valence-electron chi connectivity index (χ0n) is 14.0. The summed E-state index contributed by atoms with van der Waals surface area (Å²) in [5, 5.41) is 1.80.